The number of hydrogen-bond donors (Lipinski definition) is 1. The molecule has 0 saturated carbocycles. The first-order valence-electron chi connectivity index (χ1n) is 8.44. The Morgan fingerprint density at radius 2 is 1.72 bits per heavy atom. The monoisotopic (exact) mass is 362 g/mol. The van der Waals surface area contributed by atoms with Gasteiger partial charge in [-0.25, -0.2) is 13.1 Å². The van der Waals surface area contributed by atoms with Gasteiger partial charge in [0.05, 0.1) is 12.0 Å². The average molecular weight is 362 g/mol. The van der Waals surface area contributed by atoms with Crippen molar-refractivity contribution in [2.45, 2.75) is 24.8 Å². The third-order valence-electron chi connectivity index (χ3n) is 4.25. The molecule has 0 amide bonds. The van der Waals surface area contributed by atoms with Gasteiger partial charge in [0.15, 0.2) is 0 Å². The number of benzene rings is 2. The molecule has 1 N–H and O–H groups in total. The van der Waals surface area contributed by atoms with Crippen LogP contribution >= 0.6 is 0 Å². The summed E-state index contributed by atoms with van der Waals surface area (Å²) in [5.41, 5.74) is 1.03. The third kappa shape index (κ3) is 5.04. The van der Waals surface area contributed by atoms with Gasteiger partial charge in [0.25, 0.3) is 0 Å². The molecule has 0 fully saturated rings. The van der Waals surface area contributed by atoms with Crippen LogP contribution in [0.1, 0.15) is 25.5 Å². The molecule has 0 aliphatic carbocycles. The molecule has 1 atom stereocenters. The lowest BCUT2D eigenvalue weighted by Gasteiger charge is -2.30. The number of likely N-dealkylation sites (N-methyl/N-ethyl adjacent to an activating group) is 1. The summed E-state index contributed by atoms with van der Waals surface area (Å²) < 4.78 is 33.1. The maximum absolute atomic E-state index is 12.5. The first kappa shape index (κ1) is 19.4. The molecule has 0 saturated heterocycles. The van der Waals surface area contributed by atoms with Crippen molar-refractivity contribution in [2.24, 2.45) is 0 Å². The molecule has 2 aromatic carbocycles. The normalized spacial score (nSPS) is 13.0. The summed E-state index contributed by atoms with van der Waals surface area (Å²) in [6.07, 6.45) is 0. The first-order chi connectivity index (χ1) is 12.0. The first-order valence-corrected chi connectivity index (χ1v) is 9.92. The van der Waals surface area contributed by atoms with Crippen LogP contribution in [-0.4, -0.2) is 40.1 Å². The molecule has 5 nitrogen and oxygen atoms in total. The van der Waals surface area contributed by atoms with E-state index in [4.69, 9.17) is 4.74 Å². The van der Waals surface area contributed by atoms with E-state index in [9.17, 15) is 8.42 Å². The second-order valence-corrected chi connectivity index (χ2v) is 7.45. The highest BCUT2D eigenvalue weighted by atomic mass is 32.2. The Hall–Kier alpha value is -1.89. The molecule has 1 unspecified atom stereocenters. The number of rotatable bonds is 9. The molecule has 0 bridgehead atoms. The average Bonchev–Trinajstić information content (AvgIpc) is 2.66. The van der Waals surface area contributed by atoms with Gasteiger partial charge in [-0.15, -0.1) is 0 Å². The summed E-state index contributed by atoms with van der Waals surface area (Å²) in [6, 6.07) is 16.1. The predicted molar refractivity (Wildman–Crippen MR) is 100 cm³/mol. The van der Waals surface area contributed by atoms with Gasteiger partial charge in [0, 0.05) is 12.6 Å². The maximum Gasteiger partial charge on any atom is 0.240 e. The maximum atomic E-state index is 12.5. The summed E-state index contributed by atoms with van der Waals surface area (Å²) >= 11 is 0. The van der Waals surface area contributed by atoms with Crippen LogP contribution in [0, 0.1) is 0 Å². The largest absolute Gasteiger partial charge is 0.497 e. The van der Waals surface area contributed by atoms with Crippen LogP contribution < -0.4 is 9.46 Å². The summed E-state index contributed by atoms with van der Waals surface area (Å²) in [6.45, 7) is 6.09. The Labute approximate surface area is 150 Å². The fraction of sp³-hybridized carbons (Fsp3) is 0.368. The Morgan fingerprint density at radius 3 is 2.32 bits per heavy atom. The topological polar surface area (TPSA) is 58.6 Å². The van der Waals surface area contributed by atoms with E-state index in [0.29, 0.717) is 6.54 Å². The van der Waals surface area contributed by atoms with Gasteiger partial charge in [-0.3, -0.25) is 4.90 Å². The van der Waals surface area contributed by atoms with E-state index in [1.54, 1.807) is 37.4 Å². The standard InChI is InChI=1S/C19H26N2O3S/c1-4-21(5-2)19(16-10-9-11-17(14-16)24-3)15-20-25(22,23)18-12-7-6-8-13-18/h6-14,19-20H,4-5,15H2,1-3H3. The molecular formula is C19H26N2O3S. The lowest BCUT2D eigenvalue weighted by Crippen LogP contribution is -2.38. The van der Waals surface area contributed by atoms with Crippen LogP contribution in [0.4, 0.5) is 0 Å². The summed E-state index contributed by atoms with van der Waals surface area (Å²) in [5.74, 6) is 0.764. The molecule has 136 valence electrons. The highest BCUT2D eigenvalue weighted by Gasteiger charge is 2.22. The van der Waals surface area contributed by atoms with Gasteiger partial charge >= 0.3 is 0 Å². The summed E-state index contributed by atoms with van der Waals surface area (Å²) in [7, 11) is -1.91. The van der Waals surface area contributed by atoms with Gasteiger partial charge in [-0.1, -0.05) is 44.2 Å². The van der Waals surface area contributed by atoms with Crippen molar-refractivity contribution in [3.05, 3.63) is 60.2 Å². The fourth-order valence-corrected chi connectivity index (χ4v) is 3.90. The van der Waals surface area contributed by atoms with Crippen molar-refractivity contribution in [2.75, 3.05) is 26.7 Å². The van der Waals surface area contributed by atoms with Crippen LogP contribution in [0.2, 0.25) is 0 Å². The minimum absolute atomic E-state index is 0.0661. The van der Waals surface area contributed by atoms with E-state index >= 15 is 0 Å². The molecular weight excluding hydrogens is 336 g/mol. The molecule has 2 aromatic rings. The number of hydrogen-bond acceptors (Lipinski definition) is 4. The van der Waals surface area contributed by atoms with Crippen molar-refractivity contribution in [1.29, 1.82) is 0 Å². The van der Waals surface area contributed by atoms with Crippen LogP contribution in [0.5, 0.6) is 5.75 Å². The SMILES string of the molecule is CCN(CC)C(CNS(=O)(=O)c1ccccc1)c1cccc(OC)c1. The third-order valence-corrected chi connectivity index (χ3v) is 5.69. The minimum atomic E-state index is -3.54. The quantitative estimate of drug-likeness (QED) is 0.745. The zero-order chi connectivity index (χ0) is 18.3. The Kier molecular flexibility index (Phi) is 6.99. The van der Waals surface area contributed by atoms with E-state index in [1.165, 1.54) is 0 Å². The van der Waals surface area contributed by atoms with Gasteiger partial charge in [0.2, 0.25) is 10.0 Å². The second kappa shape index (κ2) is 8.99. The van der Waals surface area contributed by atoms with Crippen molar-refractivity contribution in [1.82, 2.24) is 9.62 Å². The fourth-order valence-electron chi connectivity index (χ4n) is 2.84. The van der Waals surface area contributed by atoms with E-state index in [-0.39, 0.29) is 10.9 Å². The minimum Gasteiger partial charge on any atom is -0.497 e. The lowest BCUT2D eigenvalue weighted by molar-refractivity contribution is 0.219. The zero-order valence-corrected chi connectivity index (χ0v) is 15.8. The second-order valence-electron chi connectivity index (χ2n) is 5.68. The van der Waals surface area contributed by atoms with Gasteiger partial charge < -0.3 is 4.74 Å². The predicted octanol–water partition coefficient (Wildman–Crippen LogP) is 3.06. The van der Waals surface area contributed by atoms with Crippen molar-refractivity contribution in [3.63, 3.8) is 0 Å². The Morgan fingerprint density at radius 1 is 1.04 bits per heavy atom. The molecule has 0 heterocycles. The van der Waals surface area contributed by atoms with E-state index in [2.05, 4.69) is 23.5 Å². The lowest BCUT2D eigenvalue weighted by atomic mass is 10.0. The molecule has 0 aliphatic rings. The summed E-state index contributed by atoms with van der Waals surface area (Å²) in [4.78, 5) is 2.50. The molecule has 0 aromatic heterocycles. The molecule has 25 heavy (non-hydrogen) atoms. The highest BCUT2D eigenvalue weighted by molar-refractivity contribution is 7.89. The van der Waals surface area contributed by atoms with Crippen molar-refractivity contribution in [3.8, 4) is 5.75 Å². The number of nitrogens with one attached hydrogen (secondary N) is 1. The van der Waals surface area contributed by atoms with Crippen LogP contribution in [0.3, 0.4) is 0 Å². The Bertz CT molecular complexity index is 759. The number of sulfonamides is 1. The van der Waals surface area contributed by atoms with Crippen LogP contribution in [0.25, 0.3) is 0 Å². The van der Waals surface area contributed by atoms with Gasteiger partial charge in [-0.05, 0) is 42.9 Å². The highest BCUT2D eigenvalue weighted by Crippen LogP contribution is 2.24. The molecule has 0 spiro atoms. The molecule has 6 heteroatoms. The van der Waals surface area contributed by atoms with Crippen LogP contribution in [-0.2, 0) is 10.0 Å². The van der Waals surface area contributed by atoms with Crippen molar-refractivity contribution >= 4 is 10.0 Å². The van der Waals surface area contributed by atoms with Crippen LogP contribution in [0.15, 0.2) is 59.5 Å². The van der Waals surface area contributed by atoms with Crippen molar-refractivity contribution < 1.29 is 13.2 Å². The Balaban J connectivity index is 2.25. The number of ether oxygens (including phenoxy) is 1. The molecule has 0 aliphatic heterocycles. The van der Waals surface area contributed by atoms with Gasteiger partial charge in [-0.2, -0.15) is 0 Å². The van der Waals surface area contributed by atoms with E-state index < -0.39 is 10.0 Å². The number of methoxy groups -OCH3 is 1. The van der Waals surface area contributed by atoms with Gasteiger partial charge in [0.1, 0.15) is 5.75 Å². The molecule has 2 rings (SSSR count). The molecule has 0 radical (unpaired) electrons. The summed E-state index contributed by atoms with van der Waals surface area (Å²) in [5, 5.41) is 0. The smallest absolute Gasteiger partial charge is 0.240 e. The zero-order valence-electron chi connectivity index (χ0n) is 15.0. The van der Waals surface area contributed by atoms with E-state index in [1.807, 2.05) is 24.3 Å². The van der Waals surface area contributed by atoms with E-state index in [0.717, 1.165) is 24.4 Å². The number of nitrogens with zero attached hydrogens (tertiary/aromatic N) is 1.